The van der Waals surface area contributed by atoms with Crippen molar-refractivity contribution in [1.82, 2.24) is 15.5 Å². The van der Waals surface area contributed by atoms with Crippen LogP contribution in [0.5, 0.6) is 11.5 Å². The van der Waals surface area contributed by atoms with Crippen molar-refractivity contribution in [2.24, 2.45) is 0 Å². The summed E-state index contributed by atoms with van der Waals surface area (Å²) in [4.78, 5) is 14.1. The lowest BCUT2D eigenvalue weighted by molar-refractivity contribution is 0.0942. The molecule has 0 spiro atoms. The Kier molecular flexibility index (Phi) is 4.59. The van der Waals surface area contributed by atoms with Crippen LogP contribution in [0, 0.1) is 0 Å². The Balaban J connectivity index is 1.84. The molecule has 104 valence electrons. The van der Waals surface area contributed by atoms with E-state index in [9.17, 15) is 15.0 Å². The third kappa shape index (κ3) is 3.59. The van der Waals surface area contributed by atoms with E-state index in [0.29, 0.717) is 6.54 Å². The first-order chi connectivity index (χ1) is 9.18. The van der Waals surface area contributed by atoms with Crippen molar-refractivity contribution in [2.75, 3.05) is 39.3 Å². The van der Waals surface area contributed by atoms with Gasteiger partial charge in [-0.3, -0.25) is 9.69 Å². The zero-order chi connectivity index (χ0) is 13.7. The smallest absolute Gasteiger partial charge is 0.258 e. The van der Waals surface area contributed by atoms with Crippen molar-refractivity contribution < 1.29 is 15.0 Å². The van der Waals surface area contributed by atoms with Gasteiger partial charge in [0.15, 0.2) is 0 Å². The highest BCUT2D eigenvalue weighted by Gasteiger charge is 2.16. The first-order valence-electron chi connectivity index (χ1n) is 6.40. The number of nitrogens with zero attached hydrogens (tertiary/aromatic N) is 1. The van der Waals surface area contributed by atoms with Crippen LogP contribution in [0.15, 0.2) is 18.2 Å². The summed E-state index contributed by atoms with van der Waals surface area (Å²) in [7, 11) is 0. The molecule has 1 aliphatic heterocycles. The fraction of sp³-hybridized carbons (Fsp3) is 0.462. The summed E-state index contributed by atoms with van der Waals surface area (Å²) < 4.78 is 0. The Bertz CT molecular complexity index is 425. The Morgan fingerprint density at radius 1 is 1.26 bits per heavy atom. The molecular weight excluding hydrogens is 246 g/mol. The summed E-state index contributed by atoms with van der Waals surface area (Å²) in [6, 6.07) is 4.25. The van der Waals surface area contributed by atoms with E-state index in [1.54, 1.807) is 0 Å². The van der Waals surface area contributed by atoms with Crippen LogP contribution in [0.25, 0.3) is 0 Å². The summed E-state index contributed by atoms with van der Waals surface area (Å²) in [5.41, 5.74) is -0.0668. The topological polar surface area (TPSA) is 84.8 Å². The van der Waals surface area contributed by atoms with E-state index >= 15 is 0 Å². The van der Waals surface area contributed by atoms with Gasteiger partial charge in [-0.15, -0.1) is 0 Å². The van der Waals surface area contributed by atoms with E-state index < -0.39 is 5.91 Å². The third-order valence-corrected chi connectivity index (χ3v) is 3.17. The number of nitrogens with one attached hydrogen (secondary N) is 2. The molecule has 1 fully saturated rings. The van der Waals surface area contributed by atoms with Gasteiger partial charge in [0.25, 0.3) is 5.91 Å². The second-order valence-electron chi connectivity index (χ2n) is 4.52. The molecule has 1 saturated heterocycles. The van der Waals surface area contributed by atoms with Gasteiger partial charge in [-0.1, -0.05) is 6.07 Å². The Labute approximate surface area is 112 Å². The van der Waals surface area contributed by atoms with Gasteiger partial charge in [-0.25, -0.2) is 0 Å². The zero-order valence-corrected chi connectivity index (χ0v) is 10.7. The highest BCUT2D eigenvalue weighted by Crippen LogP contribution is 2.25. The van der Waals surface area contributed by atoms with Gasteiger partial charge in [0.2, 0.25) is 0 Å². The van der Waals surface area contributed by atoms with Crippen LogP contribution in [0.4, 0.5) is 0 Å². The SMILES string of the molecule is O=C(NCCN1CCNCC1)c1c(O)cccc1O. The number of hydrogen-bond donors (Lipinski definition) is 4. The second-order valence-corrected chi connectivity index (χ2v) is 4.52. The molecule has 0 bridgehead atoms. The second kappa shape index (κ2) is 6.40. The molecule has 6 heteroatoms. The molecule has 19 heavy (non-hydrogen) atoms. The van der Waals surface area contributed by atoms with Crippen molar-refractivity contribution in [1.29, 1.82) is 0 Å². The largest absolute Gasteiger partial charge is 0.507 e. The Morgan fingerprint density at radius 3 is 2.53 bits per heavy atom. The van der Waals surface area contributed by atoms with E-state index in [2.05, 4.69) is 15.5 Å². The van der Waals surface area contributed by atoms with Gasteiger partial charge in [0.1, 0.15) is 17.1 Å². The quantitative estimate of drug-likeness (QED) is 0.602. The highest BCUT2D eigenvalue weighted by molar-refractivity contribution is 5.99. The number of carbonyl (C=O) groups is 1. The molecule has 1 aromatic rings. The molecule has 0 radical (unpaired) electrons. The average Bonchev–Trinajstić information content (AvgIpc) is 2.40. The molecule has 1 aliphatic rings. The zero-order valence-electron chi connectivity index (χ0n) is 10.7. The van der Waals surface area contributed by atoms with Gasteiger partial charge < -0.3 is 20.8 Å². The van der Waals surface area contributed by atoms with Crippen LogP contribution >= 0.6 is 0 Å². The van der Waals surface area contributed by atoms with Crippen LogP contribution in [-0.4, -0.2) is 60.3 Å². The van der Waals surface area contributed by atoms with Crippen molar-refractivity contribution in [3.8, 4) is 11.5 Å². The first-order valence-corrected chi connectivity index (χ1v) is 6.40. The van der Waals surface area contributed by atoms with E-state index in [0.717, 1.165) is 32.7 Å². The number of piperazine rings is 1. The summed E-state index contributed by atoms with van der Waals surface area (Å²) in [6.07, 6.45) is 0. The standard InChI is InChI=1S/C13H19N3O3/c17-10-2-1-3-11(18)12(10)13(19)15-6-9-16-7-4-14-5-8-16/h1-3,14,17-18H,4-9H2,(H,15,19). The summed E-state index contributed by atoms with van der Waals surface area (Å²) >= 11 is 0. The highest BCUT2D eigenvalue weighted by atomic mass is 16.3. The maximum Gasteiger partial charge on any atom is 0.258 e. The Morgan fingerprint density at radius 2 is 1.89 bits per heavy atom. The average molecular weight is 265 g/mol. The molecule has 1 heterocycles. The molecule has 0 unspecified atom stereocenters. The predicted molar refractivity (Wildman–Crippen MR) is 71.4 cm³/mol. The van der Waals surface area contributed by atoms with Crippen LogP contribution in [-0.2, 0) is 0 Å². The van der Waals surface area contributed by atoms with Gasteiger partial charge in [-0.05, 0) is 12.1 Å². The predicted octanol–water partition coefficient (Wildman–Crippen LogP) is -0.267. The van der Waals surface area contributed by atoms with E-state index in [-0.39, 0.29) is 17.1 Å². The molecule has 0 saturated carbocycles. The minimum Gasteiger partial charge on any atom is -0.507 e. The van der Waals surface area contributed by atoms with Gasteiger partial charge in [0, 0.05) is 39.3 Å². The third-order valence-electron chi connectivity index (χ3n) is 3.17. The number of benzene rings is 1. The lowest BCUT2D eigenvalue weighted by Gasteiger charge is -2.27. The van der Waals surface area contributed by atoms with Gasteiger partial charge in [0.05, 0.1) is 0 Å². The minimum absolute atomic E-state index is 0.0668. The molecule has 1 amide bonds. The van der Waals surface area contributed by atoms with Crippen LogP contribution in [0.3, 0.4) is 0 Å². The first kappa shape index (κ1) is 13.6. The Hall–Kier alpha value is -1.79. The number of amides is 1. The van der Waals surface area contributed by atoms with Crippen LogP contribution in [0.1, 0.15) is 10.4 Å². The van der Waals surface area contributed by atoms with Crippen molar-refractivity contribution in [3.63, 3.8) is 0 Å². The molecular formula is C13H19N3O3. The summed E-state index contributed by atoms with van der Waals surface area (Å²) in [5, 5.41) is 25.1. The summed E-state index contributed by atoms with van der Waals surface area (Å²) in [6.45, 7) is 5.13. The molecule has 6 nitrogen and oxygen atoms in total. The van der Waals surface area contributed by atoms with Crippen LogP contribution < -0.4 is 10.6 Å². The van der Waals surface area contributed by atoms with E-state index in [1.807, 2.05) is 0 Å². The number of carbonyl (C=O) groups excluding carboxylic acids is 1. The van der Waals surface area contributed by atoms with Crippen molar-refractivity contribution >= 4 is 5.91 Å². The monoisotopic (exact) mass is 265 g/mol. The van der Waals surface area contributed by atoms with Gasteiger partial charge in [-0.2, -0.15) is 0 Å². The maximum absolute atomic E-state index is 11.9. The fourth-order valence-electron chi connectivity index (χ4n) is 2.11. The van der Waals surface area contributed by atoms with Gasteiger partial charge >= 0.3 is 0 Å². The van der Waals surface area contributed by atoms with Crippen LogP contribution in [0.2, 0.25) is 0 Å². The number of aromatic hydroxyl groups is 2. The van der Waals surface area contributed by atoms with E-state index in [1.165, 1.54) is 18.2 Å². The molecule has 4 N–H and O–H groups in total. The normalized spacial score (nSPS) is 16.2. The molecule has 1 aromatic carbocycles. The summed E-state index contributed by atoms with van der Waals surface area (Å²) in [5.74, 6) is -0.870. The van der Waals surface area contributed by atoms with Crippen molar-refractivity contribution in [3.05, 3.63) is 23.8 Å². The lowest BCUT2D eigenvalue weighted by Crippen LogP contribution is -2.46. The minimum atomic E-state index is -0.453. The number of phenols is 2. The maximum atomic E-state index is 11.9. The fourth-order valence-corrected chi connectivity index (χ4v) is 2.11. The molecule has 0 aliphatic carbocycles. The molecule has 2 rings (SSSR count). The van der Waals surface area contributed by atoms with Crippen molar-refractivity contribution in [2.45, 2.75) is 0 Å². The van der Waals surface area contributed by atoms with E-state index in [4.69, 9.17) is 0 Å². The number of hydrogen-bond acceptors (Lipinski definition) is 5. The number of rotatable bonds is 4. The molecule has 0 aromatic heterocycles. The number of phenolic OH excluding ortho intramolecular Hbond substituents is 2. The lowest BCUT2D eigenvalue weighted by atomic mass is 10.1. The molecule has 0 atom stereocenters.